The van der Waals surface area contributed by atoms with Gasteiger partial charge >= 0.3 is 0 Å². The molecule has 2 aromatic rings. The molecule has 0 bridgehead atoms. The molecule has 3 N–H and O–H groups in total. The Hall–Kier alpha value is -3.29. The lowest BCUT2D eigenvalue weighted by Gasteiger charge is -2.33. The van der Waals surface area contributed by atoms with Gasteiger partial charge < -0.3 is 11.1 Å². The van der Waals surface area contributed by atoms with E-state index in [1.807, 2.05) is 11.0 Å². The van der Waals surface area contributed by atoms with E-state index >= 15 is 0 Å². The fourth-order valence-electron chi connectivity index (χ4n) is 3.16. The summed E-state index contributed by atoms with van der Waals surface area (Å²) in [5.74, 6) is 2.87. The third-order valence-corrected chi connectivity index (χ3v) is 4.52. The van der Waals surface area contributed by atoms with Crippen LogP contribution < -0.4 is 11.1 Å². The number of carbonyl (C=O) groups excluding carboxylic acids is 1. The van der Waals surface area contributed by atoms with Gasteiger partial charge in [-0.15, -0.1) is 6.42 Å². The molecule has 26 heavy (non-hydrogen) atoms. The number of rotatable bonds is 4. The molecule has 0 aliphatic carbocycles. The van der Waals surface area contributed by atoms with E-state index in [4.69, 9.17) is 17.4 Å². The van der Waals surface area contributed by atoms with Crippen LogP contribution in [-0.4, -0.2) is 39.7 Å². The van der Waals surface area contributed by atoms with Crippen molar-refractivity contribution >= 4 is 17.4 Å². The lowest BCUT2D eigenvalue weighted by atomic mass is 10.0. The fraction of sp³-hybridized carbons (Fsp3) is 0.316. The van der Waals surface area contributed by atoms with E-state index in [1.54, 1.807) is 24.3 Å². The van der Waals surface area contributed by atoms with E-state index < -0.39 is 0 Å². The lowest BCUT2D eigenvalue weighted by Crippen LogP contribution is -2.47. The van der Waals surface area contributed by atoms with Gasteiger partial charge in [-0.1, -0.05) is 12.3 Å². The Morgan fingerprint density at radius 2 is 2.15 bits per heavy atom. The van der Waals surface area contributed by atoms with Crippen LogP contribution in [0.2, 0.25) is 0 Å². The van der Waals surface area contributed by atoms with Gasteiger partial charge in [-0.25, -0.2) is 4.68 Å². The van der Waals surface area contributed by atoms with Crippen molar-refractivity contribution in [1.82, 2.24) is 14.7 Å². The fourth-order valence-corrected chi connectivity index (χ4v) is 3.16. The summed E-state index contributed by atoms with van der Waals surface area (Å²) >= 11 is 0. The van der Waals surface area contributed by atoms with Crippen molar-refractivity contribution < 1.29 is 4.79 Å². The Bertz CT molecular complexity index is 871. The van der Waals surface area contributed by atoms with Crippen molar-refractivity contribution in [2.24, 2.45) is 0 Å². The molecule has 1 amide bonds. The summed E-state index contributed by atoms with van der Waals surface area (Å²) in [6, 6.07) is 8.95. The highest BCUT2D eigenvalue weighted by Crippen LogP contribution is 2.21. The van der Waals surface area contributed by atoms with E-state index in [-0.39, 0.29) is 17.8 Å². The Balaban J connectivity index is 1.71. The van der Waals surface area contributed by atoms with Crippen LogP contribution in [-0.2, 0) is 4.79 Å². The van der Waals surface area contributed by atoms with Gasteiger partial charge in [-0.3, -0.25) is 9.69 Å². The molecule has 0 radical (unpaired) electrons. The first-order valence-electron chi connectivity index (χ1n) is 8.46. The van der Waals surface area contributed by atoms with Gasteiger partial charge in [-0.2, -0.15) is 10.4 Å². The normalized spacial score (nSPS) is 17.2. The van der Waals surface area contributed by atoms with Crippen LogP contribution in [0.15, 0.2) is 30.5 Å². The summed E-state index contributed by atoms with van der Waals surface area (Å²) in [6.45, 7) is 1.33. The Kier molecular flexibility index (Phi) is 5.21. The highest BCUT2D eigenvalue weighted by molar-refractivity contribution is 5.95. The zero-order valence-electron chi connectivity index (χ0n) is 14.4. The number of nitrogens with two attached hydrogens (primary N) is 1. The molecule has 1 aromatic heterocycles. The van der Waals surface area contributed by atoms with Crippen molar-refractivity contribution in [2.75, 3.05) is 24.1 Å². The first-order valence-corrected chi connectivity index (χ1v) is 8.46. The number of nitriles is 1. The molecule has 0 saturated carbocycles. The standard InChI is InChI=1S/C19H20N6O/c1-2-10-24-11-4-3-5-17(24)19(26)23-15-6-8-16(9-7-15)25-18(21)14(12-20)13-22-25/h1,6-9,13,17H,3-5,10-11,21H2,(H,23,26)/t17-/m0/s1. The van der Waals surface area contributed by atoms with Crippen LogP contribution in [0.25, 0.3) is 5.69 Å². The number of likely N-dealkylation sites (tertiary alicyclic amines) is 1. The molecule has 3 rings (SSSR count). The number of hydrogen-bond acceptors (Lipinski definition) is 5. The second kappa shape index (κ2) is 7.73. The predicted octanol–water partition coefficient (Wildman–Crippen LogP) is 1.75. The number of carbonyl (C=O) groups is 1. The Labute approximate surface area is 152 Å². The smallest absolute Gasteiger partial charge is 0.241 e. The zero-order chi connectivity index (χ0) is 18.5. The first kappa shape index (κ1) is 17.5. The minimum atomic E-state index is -0.195. The summed E-state index contributed by atoms with van der Waals surface area (Å²) in [6.07, 6.45) is 9.74. The zero-order valence-corrected chi connectivity index (χ0v) is 14.4. The van der Waals surface area contributed by atoms with E-state index in [0.717, 1.165) is 25.8 Å². The number of piperidine rings is 1. The number of nitrogen functional groups attached to an aromatic ring is 1. The average molecular weight is 348 g/mol. The summed E-state index contributed by atoms with van der Waals surface area (Å²) < 4.78 is 1.49. The van der Waals surface area contributed by atoms with Gasteiger partial charge in [0.15, 0.2) is 0 Å². The van der Waals surface area contributed by atoms with Crippen LogP contribution in [0.4, 0.5) is 11.5 Å². The van der Waals surface area contributed by atoms with E-state index in [1.165, 1.54) is 10.9 Å². The van der Waals surface area contributed by atoms with Gasteiger partial charge in [0.1, 0.15) is 17.5 Å². The van der Waals surface area contributed by atoms with Gasteiger partial charge in [0.05, 0.1) is 24.5 Å². The first-order chi connectivity index (χ1) is 12.6. The second-order valence-corrected chi connectivity index (χ2v) is 6.19. The molecule has 132 valence electrons. The highest BCUT2D eigenvalue weighted by Gasteiger charge is 2.28. The van der Waals surface area contributed by atoms with Crippen LogP contribution in [0.1, 0.15) is 24.8 Å². The number of nitrogens with one attached hydrogen (secondary N) is 1. The molecule has 1 fully saturated rings. The van der Waals surface area contributed by atoms with Crippen molar-refractivity contribution in [3.8, 4) is 24.1 Å². The number of terminal acetylenes is 1. The molecule has 1 aromatic carbocycles. The summed E-state index contributed by atoms with van der Waals surface area (Å²) in [7, 11) is 0. The summed E-state index contributed by atoms with van der Waals surface area (Å²) in [4.78, 5) is 14.7. The van der Waals surface area contributed by atoms with Crippen LogP contribution in [0, 0.1) is 23.7 Å². The van der Waals surface area contributed by atoms with Crippen molar-refractivity contribution in [2.45, 2.75) is 25.3 Å². The van der Waals surface area contributed by atoms with Crippen molar-refractivity contribution in [1.29, 1.82) is 5.26 Å². The molecular weight excluding hydrogens is 328 g/mol. The molecule has 7 nitrogen and oxygen atoms in total. The number of amides is 1. The van der Waals surface area contributed by atoms with E-state index in [9.17, 15) is 4.79 Å². The van der Waals surface area contributed by atoms with Gasteiger partial charge in [0.25, 0.3) is 0 Å². The molecule has 2 heterocycles. The van der Waals surface area contributed by atoms with Crippen molar-refractivity contribution in [3.05, 3.63) is 36.0 Å². The lowest BCUT2D eigenvalue weighted by molar-refractivity contribution is -0.122. The molecule has 1 aliphatic rings. The summed E-state index contributed by atoms with van der Waals surface area (Å²) in [5, 5.41) is 16.0. The monoisotopic (exact) mass is 348 g/mol. The number of nitrogens with zero attached hydrogens (tertiary/aromatic N) is 4. The third-order valence-electron chi connectivity index (χ3n) is 4.52. The Morgan fingerprint density at radius 3 is 2.81 bits per heavy atom. The Morgan fingerprint density at radius 1 is 1.38 bits per heavy atom. The largest absolute Gasteiger partial charge is 0.382 e. The van der Waals surface area contributed by atoms with Crippen molar-refractivity contribution in [3.63, 3.8) is 0 Å². The second-order valence-electron chi connectivity index (χ2n) is 6.19. The van der Waals surface area contributed by atoms with Crippen LogP contribution in [0.3, 0.4) is 0 Å². The van der Waals surface area contributed by atoms with Crippen LogP contribution >= 0.6 is 0 Å². The third kappa shape index (κ3) is 3.53. The number of anilines is 2. The molecule has 0 spiro atoms. The molecular formula is C19H20N6O. The number of hydrogen-bond donors (Lipinski definition) is 2. The van der Waals surface area contributed by atoms with Gasteiger partial charge in [0, 0.05) is 5.69 Å². The maximum absolute atomic E-state index is 12.6. The minimum Gasteiger partial charge on any atom is -0.382 e. The number of benzene rings is 1. The van der Waals surface area contributed by atoms with E-state index in [0.29, 0.717) is 23.5 Å². The molecule has 1 atom stereocenters. The molecule has 0 unspecified atom stereocenters. The maximum atomic E-state index is 12.6. The highest BCUT2D eigenvalue weighted by atomic mass is 16.2. The average Bonchev–Trinajstić information content (AvgIpc) is 3.03. The minimum absolute atomic E-state index is 0.0435. The topological polar surface area (TPSA) is 100.0 Å². The molecule has 1 aliphatic heterocycles. The molecule has 7 heteroatoms. The predicted molar refractivity (Wildman–Crippen MR) is 99.4 cm³/mol. The van der Waals surface area contributed by atoms with Gasteiger partial charge in [0.2, 0.25) is 5.91 Å². The maximum Gasteiger partial charge on any atom is 0.241 e. The molecule has 1 saturated heterocycles. The quantitative estimate of drug-likeness (QED) is 0.820. The van der Waals surface area contributed by atoms with E-state index in [2.05, 4.69) is 16.3 Å². The van der Waals surface area contributed by atoms with Crippen LogP contribution in [0.5, 0.6) is 0 Å². The summed E-state index contributed by atoms with van der Waals surface area (Å²) in [5.41, 5.74) is 7.63. The van der Waals surface area contributed by atoms with Gasteiger partial charge in [-0.05, 0) is 43.7 Å². The number of aromatic nitrogens is 2. The SMILES string of the molecule is C#CCN1CCCC[C@H]1C(=O)Nc1ccc(-n2ncc(C#N)c2N)cc1.